The normalized spacial score (nSPS) is 13.4. The molecular formula is C15H23N3O2. The first-order valence-corrected chi connectivity index (χ1v) is 6.75. The molecule has 0 heterocycles. The van der Waals surface area contributed by atoms with Crippen LogP contribution in [-0.4, -0.2) is 36.9 Å². The minimum absolute atomic E-state index is 0.0895. The highest BCUT2D eigenvalue weighted by atomic mass is 16.2. The number of hydrogen-bond acceptors (Lipinski definition) is 3. The van der Waals surface area contributed by atoms with Crippen LogP contribution in [0.1, 0.15) is 30.6 Å². The molecule has 2 atom stereocenters. The van der Waals surface area contributed by atoms with Crippen molar-refractivity contribution >= 4 is 17.5 Å². The summed E-state index contributed by atoms with van der Waals surface area (Å²) in [4.78, 5) is 25.6. The summed E-state index contributed by atoms with van der Waals surface area (Å²) in [5.74, 6) is -0.330. The minimum atomic E-state index is -0.581. The van der Waals surface area contributed by atoms with E-state index in [0.29, 0.717) is 11.3 Å². The van der Waals surface area contributed by atoms with Crippen molar-refractivity contribution < 1.29 is 9.59 Å². The zero-order valence-electron chi connectivity index (χ0n) is 12.5. The predicted octanol–water partition coefficient (Wildman–Crippen LogP) is 1.70. The first-order chi connectivity index (χ1) is 9.38. The Balaban J connectivity index is 2.93. The van der Waals surface area contributed by atoms with Crippen molar-refractivity contribution in [3.05, 3.63) is 29.8 Å². The van der Waals surface area contributed by atoms with Gasteiger partial charge in [-0.2, -0.15) is 0 Å². The molecule has 1 aromatic carbocycles. The van der Waals surface area contributed by atoms with Crippen LogP contribution in [0.15, 0.2) is 24.3 Å². The van der Waals surface area contributed by atoms with Gasteiger partial charge in [0, 0.05) is 14.1 Å². The minimum Gasteiger partial charge on any atom is -0.345 e. The Morgan fingerprint density at radius 3 is 2.45 bits per heavy atom. The van der Waals surface area contributed by atoms with E-state index >= 15 is 0 Å². The molecule has 0 fully saturated rings. The summed E-state index contributed by atoms with van der Waals surface area (Å²) in [7, 11) is 3.34. The van der Waals surface area contributed by atoms with Crippen LogP contribution >= 0.6 is 0 Å². The number of anilines is 1. The van der Waals surface area contributed by atoms with Crippen molar-refractivity contribution in [2.45, 2.75) is 26.3 Å². The number of hydrogen-bond donors (Lipinski definition) is 2. The molecule has 0 radical (unpaired) electrons. The van der Waals surface area contributed by atoms with Crippen LogP contribution in [0.5, 0.6) is 0 Å². The van der Waals surface area contributed by atoms with Crippen LogP contribution in [0.4, 0.5) is 5.69 Å². The maximum Gasteiger partial charge on any atom is 0.255 e. The van der Waals surface area contributed by atoms with Crippen LogP contribution in [0.25, 0.3) is 0 Å². The number of nitrogens with one attached hydrogen (secondary N) is 1. The van der Waals surface area contributed by atoms with Crippen molar-refractivity contribution in [2.24, 2.45) is 11.7 Å². The highest BCUT2D eigenvalue weighted by Gasteiger charge is 2.21. The SMILES string of the molecule is CCC(C)[C@H](N)C(=O)Nc1ccccc1C(=O)N(C)C. The van der Waals surface area contributed by atoms with E-state index in [2.05, 4.69) is 5.32 Å². The fourth-order valence-electron chi connectivity index (χ4n) is 1.75. The van der Waals surface area contributed by atoms with E-state index in [0.717, 1.165) is 6.42 Å². The molecule has 0 saturated carbocycles. The summed E-state index contributed by atoms with van der Waals surface area (Å²) < 4.78 is 0. The molecule has 0 bridgehead atoms. The van der Waals surface area contributed by atoms with Gasteiger partial charge in [0.25, 0.3) is 5.91 Å². The van der Waals surface area contributed by atoms with E-state index in [1.807, 2.05) is 13.8 Å². The Labute approximate surface area is 120 Å². The number of benzene rings is 1. The number of carbonyl (C=O) groups is 2. The third kappa shape index (κ3) is 3.81. The molecule has 5 heteroatoms. The number of rotatable bonds is 5. The van der Waals surface area contributed by atoms with Crippen molar-refractivity contribution in [2.75, 3.05) is 19.4 Å². The fraction of sp³-hybridized carbons (Fsp3) is 0.467. The summed E-state index contributed by atoms with van der Waals surface area (Å²) in [5.41, 5.74) is 6.85. The number of amides is 2. The Morgan fingerprint density at radius 1 is 1.30 bits per heavy atom. The van der Waals surface area contributed by atoms with Gasteiger partial charge in [-0.1, -0.05) is 32.4 Å². The lowest BCUT2D eigenvalue weighted by molar-refractivity contribution is -0.118. The van der Waals surface area contributed by atoms with E-state index in [9.17, 15) is 9.59 Å². The quantitative estimate of drug-likeness (QED) is 0.860. The first-order valence-electron chi connectivity index (χ1n) is 6.75. The monoisotopic (exact) mass is 277 g/mol. The molecule has 2 amide bonds. The molecular weight excluding hydrogens is 254 g/mol. The standard InChI is InChI=1S/C15H23N3O2/c1-5-10(2)13(16)14(19)17-12-9-7-6-8-11(12)15(20)18(3)4/h6-10,13H,5,16H2,1-4H3,(H,17,19)/t10?,13-/m0/s1. The van der Waals surface area contributed by atoms with Crippen LogP contribution < -0.4 is 11.1 Å². The lowest BCUT2D eigenvalue weighted by atomic mass is 9.99. The Hall–Kier alpha value is -1.88. The van der Waals surface area contributed by atoms with Crippen molar-refractivity contribution in [3.8, 4) is 0 Å². The van der Waals surface area contributed by atoms with Gasteiger partial charge in [0.1, 0.15) is 0 Å². The molecule has 0 saturated heterocycles. The summed E-state index contributed by atoms with van der Waals surface area (Å²) in [6.45, 7) is 3.92. The van der Waals surface area contributed by atoms with Gasteiger partial charge in [-0.15, -0.1) is 0 Å². The van der Waals surface area contributed by atoms with E-state index in [4.69, 9.17) is 5.73 Å². The molecule has 0 spiro atoms. The van der Waals surface area contributed by atoms with Crippen LogP contribution in [0.2, 0.25) is 0 Å². The van der Waals surface area contributed by atoms with Gasteiger partial charge in [-0.05, 0) is 18.1 Å². The molecule has 3 N–H and O–H groups in total. The Kier molecular flexibility index (Phi) is 5.70. The summed E-state index contributed by atoms with van der Waals surface area (Å²) in [6, 6.07) is 6.35. The van der Waals surface area contributed by atoms with Gasteiger partial charge in [0.05, 0.1) is 17.3 Å². The van der Waals surface area contributed by atoms with Gasteiger partial charge >= 0.3 is 0 Å². The van der Waals surface area contributed by atoms with Crippen LogP contribution in [0, 0.1) is 5.92 Å². The van der Waals surface area contributed by atoms with E-state index in [-0.39, 0.29) is 17.7 Å². The second-order valence-corrected chi connectivity index (χ2v) is 5.15. The van der Waals surface area contributed by atoms with E-state index in [1.54, 1.807) is 38.4 Å². The topological polar surface area (TPSA) is 75.4 Å². The largest absolute Gasteiger partial charge is 0.345 e. The second-order valence-electron chi connectivity index (χ2n) is 5.15. The van der Waals surface area contributed by atoms with Crippen molar-refractivity contribution in [1.29, 1.82) is 0 Å². The highest BCUT2D eigenvalue weighted by molar-refractivity contribution is 6.04. The van der Waals surface area contributed by atoms with Gasteiger partial charge in [-0.25, -0.2) is 0 Å². The second kappa shape index (κ2) is 7.05. The Bertz CT molecular complexity index is 486. The zero-order valence-corrected chi connectivity index (χ0v) is 12.5. The van der Waals surface area contributed by atoms with Gasteiger partial charge in [0.15, 0.2) is 0 Å². The smallest absolute Gasteiger partial charge is 0.255 e. The van der Waals surface area contributed by atoms with Gasteiger partial charge in [-0.3, -0.25) is 9.59 Å². The van der Waals surface area contributed by atoms with Gasteiger partial charge < -0.3 is 16.0 Å². The van der Waals surface area contributed by atoms with Crippen LogP contribution in [0.3, 0.4) is 0 Å². The Morgan fingerprint density at radius 2 is 1.90 bits per heavy atom. The lowest BCUT2D eigenvalue weighted by Gasteiger charge is -2.19. The summed E-state index contributed by atoms with van der Waals surface area (Å²) in [5, 5.41) is 2.75. The summed E-state index contributed by atoms with van der Waals surface area (Å²) >= 11 is 0. The molecule has 1 unspecified atom stereocenters. The number of para-hydroxylation sites is 1. The fourth-order valence-corrected chi connectivity index (χ4v) is 1.75. The number of nitrogens with two attached hydrogens (primary N) is 1. The predicted molar refractivity (Wildman–Crippen MR) is 80.5 cm³/mol. The molecule has 0 aliphatic rings. The maximum atomic E-state index is 12.1. The van der Waals surface area contributed by atoms with E-state index < -0.39 is 6.04 Å². The molecule has 1 aromatic rings. The average Bonchev–Trinajstić information content (AvgIpc) is 2.45. The van der Waals surface area contributed by atoms with E-state index in [1.165, 1.54) is 4.90 Å². The lowest BCUT2D eigenvalue weighted by Crippen LogP contribution is -2.41. The number of carbonyl (C=O) groups excluding carboxylic acids is 2. The van der Waals surface area contributed by atoms with Gasteiger partial charge in [0.2, 0.25) is 5.91 Å². The molecule has 0 aliphatic heterocycles. The molecule has 110 valence electrons. The molecule has 5 nitrogen and oxygen atoms in total. The van der Waals surface area contributed by atoms with Crippen LogP contribution in [-0.2, 0) is 4.79 Å². The molecule has 20 heavy (non-hydrogen) atoms. The maximum absolute atomic E-state index is 12.1. The zero-order chi connectivity index (χ0) is 15.3. The van der Waals surface area contributed by atoms with Crippen molar-refractivity contribution in [1.82, 2.24) is 4.90 Å². The molecule has 0 aromatic heterocycles. The third-order valence-corrected chi connectivity index (χ3v) is 3.38. The average molecular weight is 277 g/mol. The molecule has 0 aliphatic carbocycles. The highest BCUT2D eigenvalue weighted by Crippen LogP contribution is 2.17. The third-order valence-electron chi connectivity index (χ3n) is 3.38. The number of nitrogens with zero attached hydrogens (tertiary/aromatic N) is 1. The van der Waals surface area contributed by atoms with Crippen molar-refractivity contribution in [3.63, 3.8) is 0 Å². The first kappa shape index (κ1) is 16.2. The molecule has 1 rings (SSSR count). The summed E-state index contributed by atoms with van der Waals surface area (Å²) in [6.07, 6.45) is 0.826.